The minimum absolute atomic E-state index is 0.0705. The van der Waals surface area contributed by atoms with Crippen molar-refractivity contribution in [2.45, 2.75) is 316 Å². The molecule has 3 N–H and O–H groups in total. The zero-order valence-corrected chi connectivity index (χ0v) is 63.0. The van der Waals surface area contributed by atoms with E-state index in [0.717, 1.165) is 199 Å². The maximum absolute atomic E-state index is 13.1. The fourth-order valence-corrected chi connectivity index (χ4v) is 11.2. The second kappa shape index (κ2) is 70.9. The molecule has 0 aliphatic carbocycles. The average molecular weight is 1420 g/mol. The molecule has 0 rings (SSSR count). The molecule has 562 valence electrons. The lowest BCUT2D eigenvalue weighted by Gasteiger charge is -2.21. The lowest BCUT2D eigenvalue weighted by molar-refractivity contribution is -0.161. The molecule has 0 aliphatic heterocycles. The minimum Gasteiger partial charge on any atom is -0.462 e. The Bertz CT molecular complexity index is 2340. The molecule has 98 heavy (non-hydrogen) atoms. The van der Waals surface area contributed by atoms with Crippen LogP contribution in [0.15, 0.2) is 122 Å². The normalized spacial score (nSPS) is 14.6. The van der Waals surface area contributed by atoms with E-state index in [-0.39, 0.29) is 25.7 Å². The Morgan fingerprint density at radius 2 is 0.551 bits per heavy atom. The Kier molecular flexibility index (Phi) is 67.6. The largest absolute Gasteiger partial charge is 0.472 e. The summed E-state index contributed by atoms with van der Waals surface area (Å²) in [7, 11) is -9.97. The molecule has 0 heterocycles. The number of allylic oxidation sites excluding steroid dienone is 20. The highest BCUT2D eigenvalue weighted by molar-refractivity contribution is 7.47. The van der Waals surface area contributed by atoms with Gasteiger partial charge in [-0.05, 0) is 148 Å². The number of ether oxygens (including phenoxy) is 4. The molecule has 0 radical (unpaired) electrons. The van der Waals surface area contributed by atoms with Crippen LogP contribution in [0.2, 0.25) is 0 Å². The predicted octanol–water partition coefficient (Wildman–Crippen LogP) is 21.6. The van der Waals surface area contributed by atoms with E-state index in [1.54, 1.807) is 0 Å². The van der Waals surface area contributed by atoms with Crippen LogP contribution in [0.5, 0.6) is 0 Å². The van der Waals surface area contributed by atoms with Gasteiger partial charge in [-0.1, -0.05) is 246 Å². The van der Waals surface area contributed by atoms with Crippen LogP contribution in [-0.2, 0) is 65.4 Å². The molecule has 0 bridgehead atoms. The summed E-state index contributed by atoms with van der Waals surface area (Å²) in [5.41, 5.74) is 0. The van der Waals surface area contributed by atoms with E-state index in [4.69, 9.17) is 37.0 Å². The number of carbonyl (C=O) groups is 4. The third-order valence-electron chi connectivity index (χ3n) is 15.3. The molecule has 5 unspecified atom stereocenters. The summed E-state index contributed by atoms with van der Waals surface area (Å²) in [6.45, 7) is 4.52. The van der Waals surface area contributed by atoms with Crippen LogP contribution in [0.4, 0.5) is 0 Å². The van der Waals surface area contributed by atoms with Crippen LogP contribution >= 0.6 is 15.6 Å². The summed E-state index contributed by atoms with van der Waals surface area (Å²) >= 11 is 0. The van der Waals surface area contributed by atoms with Crippen LogP contribution in [0.25, 0.3) is 0 Å². The van der Waals surface area contributed by atoms with Gasteiger partial charge in [0.05, 0.1) is 26.4 Å². The summed E-state index contributed by atoms with van der Waals surface area (Å²) < 4.78 is 68.4. The fourth-order valence-electron chi connectivity index (χ4n) is 9.61. The van der Waals surface area contributed by atoms with Crippen LogP contribution in [-0.4, -0.2) is 96.7 Å². The maximum atomic E-state index is 13.1. The topological polar surface area (TPSA) is 237 Å². The number of hydrogen-bond acceptors (Lipinski definition) is 15. The molecule has 0 saturated carbocycles. The Morgan fingerprint density at radius 1 is 0.296 bits per heavy atom. The molecule has 0 aliphatic rings. The third kappa shape index (κ3) is 69.9. The monoisotopic (exact) mass is 1420 g/mol. The first kappa shape index (κ1) is 93.5. The van der Waals surface area contributed by atoms with Crippen LogP contribution in [0.1, 0.15) is 297 Å². The van der Waals surface area contributed by atoms with E-state index >= 15 is 0 Å². The Labute approximate surface area is 593 Å². The highest BCUT2D eigenvalue weighted by atomic mass is 31.2. The summed E-state index contributed by atoms with van der Waals surface area (Å²) in [6.07, 6.45) is 76.2. The number of unbranched alkanes of at least 4 members (excludes halogenated alkanes) is 24. The maximum Gasteiger partial charge on any atom is 0.472 e. The highest BCUT2D eigenvalue weighted by Gasteiger charge is 2.30. The van der Waals surface area contributed by atoms with Crippen LogP contribution < -0.4 is 0 Å². The standard InChI is InChI=1S/C79H134O17P2/c1-5-9-13-17-21-25-29-33-35-36-38-41-44-48-52-56-60-64-77(82)90-70-75(96-79(84)66-62-58-54-50-46-42-37-34-30-26-22-18-14-10-6-2)72-94-98(87,88)92-68-73(80)67-91-97(85,86)93-71-74(95-78(83)65-61-57-53-49-45-40-32-28-24-20-16-12-8-4)69-89-76(81)63-59-55-51-47-43-39-31-27-23-19-15-11-7-3/h9,13,15-16,19-22,25-28,31-35,37-38,41,73-75,80H,5-8,10-12,14,17-18,23-24,29-30,36,39-40,42-72H2,1-4H3,(H,85,86)(H,87,88)/b13-9-,19-15-,20-16-,25-21-,26-22-,31-27-,32-28-,35-33-,37-34-,41-38-. The summed E-state index contributed by atoms with van der Waals surface area (Å²) in [5.74, 6) is -2.25. The van der Waals surface area contributed by atoms with Gasteiger partial charge in [-0.3, -0.25) is 37.3 Å². The third-order valence-corrected chi connectivity index (χ3v) is 17.2. The van der Waals surface area contributed by atoms with Crippen molar-refractivity contribution in [2.24, 2.45) is 0 Å². The van der Waals surface area contributed by atoms with E-state index in [2.05, 4.69) is 149 Å². The molecule has 0 spiro atoms. The summed E-state index contributed by atoms with van der Waals surface area (Å²) in [4.78, 5) is 72.8. The molecular formula is C79H134O17P2. The number of hydrogen-bond donors (Lipinski definition) is 3. The molecule has 17 nitrogen and oxygen atoms in total. The number of rotatable bonds is 70. The number of aliphatic hydroxyl groups excluding tert-OH is 1. The molecule has 5 atom stereocenters. The van der Waals surface area contributed by atoms with Crippen LogP contribution in [0.3, 0.4) is 0 Å². The molecular weight excluding hydrogens is 1280 g/mol. The van der Waals surface area contributed by atoms with E-state index < -0.39 is 97.5 Å². The van der Waals surface area contributed by atoms with E-state index in [1.807, 2.05) is 0 Å². The van der Waals surface area contributed by atoms with Crippen molar-refractivity contribution in [3.63, 3.8) is 0 Å². The highest BCUT2D eigenvalue weighted by Crippen LogP contribution is 2.45. The number of phosphoric acid groups is 2. The van der Waals surface area contributed by atoms with Gasteiger partial charge in [-0.15, -0.1) is 0 Å². The van der Waals surface area contributed by atoms with E-state index in [0.29, 0.717) is 25.7 Å². The van der Waals surface area contributed by atoms with Gasteiger partial charge >= 0.3 is 39.5 Å². The Balaban J connectivity index is 5.40. The molecule has 0 aromatic rings. The zero-order chi connectivity index (χ0) is 71.8. The van der Waals surface area contributed by atoms with Crippen LogP contribution in [0, 0.1) is 0 Å². The fraction of sp³-hybridized carbons (Fsp3) is 0.696. The lowest BCUT2D eigenvalue weighted by Crippen LogP contribution is -2.30. The van der Waals surface area contributed by atoms with Crippen molar-refractivity contribution in [3.05, 3.63) is 122 Å². The van der Waals surface area contributed by atoms with Gasteiger partial charge in [0.2, 0.25) is 0 Å². The van der Waals surface area contributed by atoms with Gasteiger partial charge in [-0.2, -0.15) is 0 Å². The SMILES string of the molecule is CC/C=C\C/C=C\C/C=C\C/C=C\CCCCCCC(=O)OCC(COP(=O)(O)OCC(O)COP(=O)(O)OCC(COC(=O)CCCCCCC/C=C\C/C=C\CCC)OC(=O)CCCCCCC/C=C\C/C=C\CCC)OC(=O)CCCCCCC/C=C\C/C=C\CCCCC. The molecule has 19 heteroatoms. The number of esters is 4. The van der Waals surface area contributed by atoms with Crippen molar-refractivity contribution in [1.29, 1.82) is 0 Å². The van der Waals surface area contributed by atoms with Gasteiger partial charge in [0.1, 0.15) is 19.3 Å². The quantitative estimate of drug-likeness (QED) is 0.0169. The van der Waals surface area contributed by atoms with Gasteiger partial charge in [0.15, 0.2) is 12.2 Å². The predicted molar refractivity (Wildman–Crippen MR) is 399 cm³/mol. The van der Waals surface area contributed by atoms with Gasteiger partial charge < -0.3 is 33.8 Å². The molecule has 0 fully saturated rings. The molecule has 0 aromatic heterocycles. The smallest absolute Gasteiger partial charge is 0.462 e. The number of aliphatic hydroxyl groups is 1. The number of phosphoric ester groups is 2. The van der Waals surface area contributed by atoms with E-state index in [9.17, 15) is 43.2 Å². The zero-order valence-electron chi connectivity index (χ0n) is 61.2. The molecule has 0 aromatic carbocycles. The lowest BCUT2D eigenvalue weighted by atomic mass is 10.1. The molecule has 0 saturated heterocycles. The second-order valence-electron chi connectivity index (χ2n) is 24.8. The first-order valence-corrected chi connectivity index (χ1v) is 40.8. The summed E-state index contributed by atoms with van der Waals surface area (Å²) in [5, 5.41) is 10.6. The first-order chi connectivity index (χ1) is 47.7. The summed E-state index contributed by atoms with van der Waals surface area (Å²) in [6, 6.07) is 0. The minimum atomic E-state index is -4.99. The molecule has 0 amide bonds. The van der Waals surface area contributed by atoms with Crippen molar-refractivity contribution < 1.29 is 80.2 Å². The average Bonchev–Trinajstić information content (AvgIpc) is 1.05. The van der Waals surface area contributed by atoms with Crippen molar-refractivity contribution >= 4 is 39.5 Å². The van der Waals surface area contributed by atoms with Crippen molar-refractivity contribution in [2.75, 3.05) is 39.6 Å². The van der Waals surface area contributed by atoms with Gasteiger partial charge in [0, 0.05) is 25.7 Å². The van der Waals surface area contributed by atoms with E-state index in [1.165, 1.54) is 19.3 Å². The Hall–Kier alpha value is -4.54. The van der Waals surface area contributed by atoms with Crippen molar-refractivity contribution in [1.82, 2.24) is 0 Å². The Morgan fingerprint density at radius 3 is 0.857 bits per heavy atom. The van der Waals surface area contributed by atoms with Gasteiger partial charge in [-0.25, -0.2) is 9.13 Å². The first-order valence-electron chi connectivity index (χ1n) is 37.8. The number of carbonyl (C=O) groups excluding carboxylic acids is 4. The van der Waals surface area contributed by atoms with Crippen molar-refractivity contribution in [3.8, 4) is 0 Å². The van der Waals surface area contributed by atoms with Gasteiger partial charge in [0.25, 0.3) is 0 Å². The second-order valence-corrected chi connectivity index (χ2v) is 27.8.